The van der Waals surface area contributed by atoms with E-state index in [0.29, 0.717) is 30.1 Å². The van der Waals surface area contributed by atoms with Gasteiger partial charge in [0.1, 0.15) is 23.2 Å². The first-order valence-corrected chi connectivity index (χ1v) is 7.39. The molecule has 1 aliphatic carbocycles. The molecule has 6 heteroatoms. The summed E-state index contributed by atoms with van der Waals surface area (Å²) in [4.78, 5) is 0. The van der Waals surface area contributed by atoms with Gasteiger partial charge in [0.05, 0.1) is 26.9 Å². The summed E-state index contributed by atoms with van der Waals surface area (Å²) >= 11 is 0. The molecule has 22 heavy (non-hydrogen) atoms. The fourth-order valence-electron chi connectivity index (χ4n) is 3.42. The van der Waals surface area contributed by atoms with Crippen LogP contribution in [0.15, 0.2) is 12.1 Å². The highest BCUT2D eigenvalue weighted by molar-refractivity contribution is 5.52. The zero-order chi connectivity index (χ0) is 15.9. The lowest BCUT2D eigenvalue weighted by atomic mass is 9.75. The Bertz CT molecular complexity index is 560. The minimum Gasteiger partial charge on any atom is -0.496 e. The number of ether oxygens (including phenoxy) is 4. The Morgan fingerprint density at radius 3 is 2.50 bits per heavy atom. The molecule has 1 aromatic rings. The number of hydrogen-bond acceptors (Lipinski definition) is 6. The molecule has 4 atom stereocenters. The molecule has 0 radical (unpaired) electrons. The minimum atomic E-state index is -1.20. The third-order valence-corrected chi connectivity index (χ3v) is 4.51. The number of aliphatic hydroxyl groups excluding tert-OH is 1. The van der Waals surface area contributed by atoms with Crippen molar-refractivity contribution < 1.29 is 29.2 Å². The Labute approximate surface area is 129 Å². The van der Waals surface area contributed by atoms with Crippen molar-refractivity contribution in [2.75, 3.05) is 20.8 Å². The SMILES string of the molecule is COc1ccc(OC)c2c1C[C@@](O)([C@H]1CO[C@@H](C)O1)C[C@@H]2O. The number of fused-ring (bicyclic) bond motifs is 1. The van der Waals surface area contributed by atoms with Crippen molar-refractivity contribution in [3.8, 4) is 11.5 Å². The van der Waals surface area contributed by atoms with Crippen LogP contribution in [0, 0.1) is 0 Å². The summed E-state index contributed by atoms with van der Waals surface area (Å²) < 4.78 is 21.8. The van der Waals surface area contributed by atoms with Crippen LogP contribution in [0.4, 0.5) is 0 Å². The van der Waals surface area contributed by atoms with E-state index in [4.69, 9.17) is 18.9 Å². The minimum absolute atomic E-state index is 0.171. The Kier molecular flexibility index (Phi) is 4.03. The standard InChI is InChI=1S/C16H22O6/c1-9-21-8-14(22-9)16(18)6-10-12(19-2)4-5-13(20-3)15(10)11(17)7-16/h4-5,9,11,14,17-18H,6-8H2,1-3H3/t9-,11+,14-,16+/m1/s1. The van der Waals surface area contributed by atoms with Crippen molar-refractivity contribution in [1.29, 1.82) is 0 Å². The van der Waals surface area contributed by atoms with E-state index in [0.717, 1.165) is 5.56 Å². The highest BCUT2D eigenvalue weighted by Gasteiger charge is 2.48. The smallest absolute Gasteiger partial charge is 0.155 e. The molecule has 2 N–H and O–H groups in total. The molecule has 1 heterocycles. The Hall–Kier alpha value is -1.34. The topological polar surface area (TPSA) is 77.4 Å². The van der Waals surface area contributed by atoms with Crippen molar-refractivity contribution >= 4 is 0 Å². The first-order valence-electron chi connectivity index (χ1n) is 7.39. The monoisotopic (exact) mass is 310 g/mol. The van der Waals surface area contributed by atoms with Crippen LogP contribution >= 0.6 is 0 Å². The summed E-state index contributed by atoms with van der Waals surface area (Å²) in [6.07, 6.45) is -1.18. The first kappa shape index (κ1) is 15.6. The van der Waals surface area contributed by atoms with E-state index in [-0.39, 0.29) is 12.7 Å². The number of benzene rings is 1. The van der Waals surface area contributed by atoms with Crippen molar-refractivity contribution in [1.82, 2.24) is 0 Å². The summed E-state index contributed by atoms with van der Waals surface area (Å²) in [5.74, 6) is 1.22. The molecule has 0 amide bonds. The maximum Gasteiger partial charge on any atom is 0.155 e. The largest absolute Gasteiger partial charge is 0.496 e. The number of hydrogen-bond donors (Lipinski definition) is 2. The average molecular weight is 310 g/mol. The van der Waals surface area contributed by atoms with Gasteiger partial charge in [0.2, 0.25) is 0 Å². The van der Waals surface area contributed by atoms with E-state index in [2.05, 4.69) is 0 Å². The van der Waals surface area contributed by atoms with Crippen molar-refractivity contribution in [3.63, 3.8) is 0 Å². The highest BCUT2D eigenvalue weighted by atomic mass is 16.7. The van der Waals surface area contributed by atoms with E-state index in [1.807, 2.05) is 0 Å². The third kappa shape index (κ3) is 2.46. The molecule has 0 aromatic heterocycles. The maximum absolute atomic E-state index is 11.0. The van der Waals surface area contributed by atoms with E-state index in [1.165, 1.54) is 0 Å². The molecule has 1 fully saturated rings. The molecular formula is C16H22O6. The van der Waals surface area contributed by atoms with E-state index < -0.39 is 17.8 Å². The maximum atomic E-state index is 11.0. The van der Waals surface area contributed by atoms with Gasteiger partial charge in [0, 0.05) is 24.0 Å². The molecule has 122 valence electrons. The van der Waals surface area contributed by atoms with Gasteiger partial charge < -0.3 is 29.2 Å². The van der Waals surface area contributed by atoms with Crippen LogP contribution in [0.1, 0.15) is 30.6 Å². The van der Waals surface area contributed by atoms with E-state index in [9.17, 15) is 10.2 Å². The summed E-state index contributed by atoms with van der Waals surface area (Å²) in [6.45, 7) is 2.10. The Morgan fingerprint density at radius 2 is 1.91 bits per heavy atom. The molecule has 0 bridgehead atoms. The normalized spacial score (nSPS) is 34.3. The fourth-order valence-corrected chi connectivity index (χ4v) is 3.42. The van der Waals surface area contributed by atoms with Crippen molar-refractivity contribution in [2.24, 2.45) is 0 Å². The van der Waals surface area contributed by atoms with Gasteiger partial charge in [-0.2, -0.15) is 0 Å². The van der Waals surface area contributed by atoms with E-state index in [1.54, 1.807) is 33.3 Å². The summed E-state index contributed by atoms with van der Waals surface area (Å²) in [5, 5.41) is 21.6. The number of aliphatic hydroxyl groups is 2. The van der Waals surface area contributed by atoms with Crippen LogP contribution in [-0.2, 0) is 15.9 Å². The predicted molar refractivity (Wildman–Crippen MR) is 78.1 cm³/mol. The molecule has 1 aromatic carbocycles. The lowest BCUT2D eigenvalue weighted by molar-refractivity contribution is -0.131. The van der Waals surface area contributed by atoms with Gasteiger partial charge in [-0.05, 0) is 19.1 Å². The molecule has 3 rings (SSSR count). The molecule has 0 unspecified atom stereocenters. The van der Waals surface area contributed by atoms with Gasteiger partial charge in [0.15, 0.2) is 6.29 Å². The average Bonchev–Trinajstić information content (AvgIpc) is 2.93. The second-order valence-electron chi connectivity index (χ2n) is 5.89. The fraction of sp³-hybridized carbons (Fsp3) is 0.625. The van der Waals surface area contributed by atoms with Gasteiger partial charge in [0.25, 0.3) is 0 Å². The molecule has 1 aliphatic heterocycles. The Balaban J connectivity index is 2.01. The van der Waals surface area contributed by atoms with Gasteiger partial charge >= 0.3 is 0 Å². The molecule has 6 nitrogen and oxygen atoms in total. The lowest BCUT2D eigenvalue weighted by Crippen LogP contribution is -2.49. The van der Waals surface area contributed by atoms with Crippen LogP contribution < -0.4 is 9.47 Å². The zero-order valence-corrected chi connectivity index (χ0v) is 13.0. The highest BCUT2D eigenvalue weighted by Crippen LogP contribution is 2.46. The van der Waals surface area contributed by atoms with Crippen molar-refractivity contribution in [3.05, 3.63) is 23.3 Å². The van der Waals surface area contributed by atoms with Gasteiger partial charge in [-0.25, -0.2) is 0 Å². The Morgan fingerprint density at radius 1 is 1.23 bits per heavy atom. The van der Waals surface area contributed by atoms with Crippen LogP contribution in [0.2, 0.25) is 0 Å². The molecule has 1 saturated heterocycles. The van der Waals surface area contributed by atoms with Crippen LogP contribution in [-0.4, -0.2) is 49.0 Å². The second-order valence-corrected chi connectivity index (χ2v) is 5.89. The first-order chi connectivity index (χ1) is 10.5. The van der Waals surface area contributed by atoms with Crippen LogP contribution in [0.25, 0.3) is 0 Å². The number of methoxy groups -OCH3 is 2. The van der Waals surface area contributed by atoms with Crippen LogP contribution in [0.3, 0.4) is 0 Å². The molecule has 2 aliphatic rings. The van der Waals surface area contributed by atoms with E-state index >= 15 is 0 Å². The summed E-state index contributed by atoms with van der Waals surface area (Å²) in [7, 11) is 3.13. The molecule has 0 saturated carbocycles. The molecule has 0 spiro atoms. The predicted octanol–water partition coefficient (Wildman–Crippen LogP) is 1.18. The zero-order valence-electron chi connectivity index (χ0n) is 13.0. The van der Waals surface area contributed by atoms with Gasteiger partial charge in [-0.1, -0.05) is 0 Å². The lowest BCUT2D eigenvalue weighted by Gasteiger charge is -2.40. The van der Waals surface area contributed by atoms with Gasteiger partial charge in [-0.3, -0.25) is 0 Å². The quantitative estimate of drug-likeness (QED) is 0.873. The third-order valence-electron chi connectivity index (χ3n) is 4.51. The number of rotatable bonds is 3. The summed E-state index contributed by atoms with van der Waals surface area (Å²) in [5.41, 5.74) is 0.237. The van der Waals surface area contributed by atoms with Crippen LogP contribution in [0.5, 0.6) is 11.5 Å². The summed E-state index contributed by atoms with van der Waals surface area (Å²) in [6, 6.07) is 3.55. The molecular weight excluding hydrogens is 288 g/mol. The second kappa shape index (κ2) is 5.70. The van der Waals surface area contributed by atoms with Crippen molar-refractivity contribution in [2.45, 2.75) is 43.9 Å². The van der Waals surface area contributed by atoms with Gasteiger partial charge in [-0.15, -0.1) is 0 Å².